The molecule has 23 heavy (non-hydrogen) atoms. The molecule has 0 spiro atoms. The summed E-state index contributed by atoms with van der Waals surface area (Å²) in [4.78, 5) is 15.0. The van der Waals surface area contributed by atoms with Crippen LogP contribution in [0.1, 0.15) is 29.5 Å². The van der Waals surface area contributed by atoms with Gasteiger partial charge in [-0.2, -0.15) is 0 Å². The lowest BCUT2D eigenvalue weighted by Crippen LogP contribution is -2.10. The number of ether oxygens (including phenoxy) is 1. The van der Waals surface area contributed by atoms with Gasteiger partial charge < -0.3 is 15.6 Å². The summed E-state index contributed by atoms with van der Waals surface area (Å²) in [5.74, 6) is -1.32. The third-order valence-corrected chi connectivity index (χ3v) is 3.91. The second kappa shape index (κ2) is 6.83. The molecule has 0 bridgehead atoms. The fraction of sp³-hybridized carbons (Fsp3) is 0.250. The van der Waals surface area contributed by atoms with Gasteiger partial charge in [0.25, 0.3) is 0 Å². The minimum Gasteiger partial charge on any atom is -0.501 e. The first-order valence-electron chi connectivity index (χ1n) is 6.87. The summed E-state index contributed by atoms with van der Waals surface area (Å²) in [5, 5.41) is 8.72. The van der Waals surface area contributed by atoms with Crippen LogP contribution in [0.25, 0.3) is 5.57 Å². The SMILES string of the molecule is COC1=CC=C(c2nc(C(=O)O)c(Cl)c(N)c2F)C=CCC1C. The number of aromatic carboxylic acids is 1. The van der Waals surface area contributed by atoms with Gasteiger partial charge >= 0.3 is 5.97 Å². The average Bonchev–Trinajstić information content (AvgIpc) is 2.49. The van der Waals surface area contributed by atoms with Crippen LogP contribution in [0.3, 0.4) is 0 Å². The van der Waals surface area contributed by atoms with Crippen LogP contribution in [0.2, 0.25) is 5.02 Å². The Hall–Kier alpha value is -2.34. The smallest absolute Gasteiger partial charge is 0.356 e. The molecule has 1 aliphatic carbocycles. The maximum Gasteiger partial charge on any atom is 0.356 e. The van der Waals surface area contributed by atoms with Crippen molar-refractivity contribution in [3.63, 3.8) is 0 Å². The van der Waals surface area contributed by atoms with Gasteiger partial charge in [-0.25, -0.2) is 14.2 Å². The van der Waals surface area contributed by atoms with Gasteiger partial charge in [-0.1, -0.05) is 30.7 Å². The Labute approximate surface area is 137 Å². The minimum absolute atomic E-state index is 0.165. The van der Waals surface area contributed by atoms with Gasteiger partial charge in [0, 0.05) is 11.5 Å². The Morgan fingerprint density at radius 2 is 2.22 bits per heavy atom. The molecule has 1 aliphatic rings. The maximum atomic E-state index is 14.4. The van der Waals surface area contributed by atoms with Gasteiger partial charge in [-0.15, -0.1) is 0 Å². The fourth-order valence-corrected chi connectivity index (χ4v) is 2.43. The molecule has 122 valence electrons. The third-order valence-electron chi connectivity index (χ3n) is 3.52. The van der Waals surface area contributed by atoms with E-state index in [0.717, 1.165) is 5.76 Å². The van der Waals surface area contributed by atoms with Gasteiger partial charge in [0.05, 0.1) is 23.6 Å². The monoisotopic (exact) mass is 338 g/mol. The van der Waals surface area contributed by atoms with Crippen molar-refractivity contribution >= 4 is 28.8 Å². The molecule has 1 heterocycles. The first-order chi connectivity index (χ1) is 10.9. The van der Waals surface area contributed by atoms with Crippen molar-refractivity contribution in [2.75, 3.05) is 12.8 Å². The summed E-state index contributed by atoms with van der Waals surface area (Å²) in [6.45, 7) is 2.00. The van der Waals surface area contributed by atoms with Crippen molar-refractivity contribution in [1.29, 1.82) is 0 Å². The van der Waals surface area contributed by atoms with E-state index >= 15 is 0 Å². The van der Waals surface area contributed by atoms with E-state index in [2.05, 4.69) is 4.98 Å². The molecule has 0 saturated carbocycles. The van der Waals surface area contributed by atoms with E-state index in [1.807, 2.05) is 13.0 Å². The Kier molecular flexibility index (Phi) is 5.05. The van der Waals surface area contributed by atoms with E-state index in [9.17, 15) is 9.18 Å². The van der Waals surface area contributed by atoms with Crippen molar-refractivity contribution in [2.24, 2.45) is 5.92 Å². The second-order valence-corrected chi connectivity index (χ2v) is 5.47. The molecular weight excluding hydrogens is 323 g/mol. The highest BCUT2D eigenvalue weighted by molar-refractivity contribution is 6.35. The molecule has 0 saturated heterocycles. The number of carboxylic acid groups (broad SMARTS) is 1. The molecule has 0 radical (unpaired) electrons. The van der Waals surface area contributed by atoms with Crippen LogP contribution < -0.4 is 5.73 Å². The first-order valence-corrected chi connectivity index (χ1v) is 7.25. The Morgan fingerprint density at radius 1 is 1.52 bits per heavy atom. The van der Waals surface area contributed by atoms with E-state index in [4.69, 9.17) is 27.2 Å². The van der Waals surface area contributed by atoms with Crippen molar-refractivity contribution in [1.82, 2.24) is 4.98 Å². The lowest BCUT2D eigenvalue weighted by atomic mass is 9.99. The van der Waals surface area contributed by atoms with Gasteiger partial charge in [0.15, 0.2) is 11.5 Å². The molecule has 2 rings (SSSR count). The minimum atomic E-state index is -1.37. The maximum absolute atomic E-state index is 14.4. The van der Waals surface area contributed by atoms with Crippen LogP contribution in [-0.4, -0.2) is 23.2 Å². The van der Waals surface area contributed by atoms with Crippen LogP contribution in [-0.2, 0) is 4.74 Å². The standard InChI is InChI=1S/C16H16ClFN2O3/c1-8-4-3-5-9(6-7-10(8)23-2)14-12(18)13(19)11(17)15(20-14)16(21)22/h3,5-8H,4H2,1-2H3,(H2,19,20)(H,21,22). The largest absolute Gasteiger partial charge is 0.501 e. The molecule has 7 heteroatoms. The summed E-state index contributed by atoms with van der Waals surface area (Å²) < 4.78 is 19.7. The topological polar surface area (TPSA) is 85.4 Å². The van der Waals surface area contributed by atoms with E-state index in [0.29, 0.717) is 12.0 Å². The zero-order valence-corrected chi connectivity index (χ0v) is 13.4. The van der Waals surface area contributed by atoms with Crippen LogP contribution in [0.5, 0.6) is 0 Å². The quantitative estimate of drug-likeness (QED) is 0.878. The molecule has 5 nitrogen and oxygen atoms in total. The number of allylic oxidation sites excluding steroid dienone is 6. The molecule has 1 unspecified atom stereocenters. The van der Waals surface area contributed by atoms with Crippen LogP contribution >= 0.6 is 11.6 Å². The zero-order valence-electron chi connectivity index (χ0n) is 12.6. The summed E-state index contributed by atoms with van der Waals surface area (Å²) in [6, 6.07) is 0. The van der Waals surface area contributed by atoms with Gasteiger partial charge in [-0.05, 0) is 18.6 Å². The second-order valence-electron chi connectivity index (χ2n) is 5.09. The van der Waals surface area contributed by atoms with Crippen LogP contribution in [0.4, 0.5) is 10.1 Å². The average molecular weight is 339 g/mol. The highest BCUT2D eigenvalue weighted by Gasteiger charge is 2.22. The van der Waals surface area contributed by atoms with Gasteiger partial charge in [0.1, 0.15) is 5.69 Å². The molecule has 0 amide bonds. The summed E-state index contributed by atoms with van der Waals surface area (Å²) in [5.41, 5.74) is 4.87. The lowest BCUT2D eigenvalue weighted by Gasteiger charge is -2.15. The number of carbonyl (C=O) groups is 1. The molecule has 1 atom stereocenters. The molecular formula is C16H16ClFN2O3. The lowest BCUT2D eigenvalue weighted by molar-refractivity contribution is 0.0690. The van der Waals surface area contributed by atoms with Crippen molar-refractivity contribution in [2.45, 2.75) is 13.3 Å². The summed E-state index contributed by atoms with van der Waals surface area (Å²) in [7, 11) is 1.56. The van der Waals surface area contributed by atoms with E-state index in [-0.39, 0.29) is 11.6 Å². The molecule has 0 aromatic carbocycles. The first kappa shape index (κ1) is 17.0. The number of carboxylic acids is 1. The number of hydrogen-bond donors (Lipinski definition) is 2. The highest BCUT2D eigenvalue weighted by atomic mass is 35.5. The molecule has 3 N–H and O–H groups in total. The van der Waals surface area contributed by atoms with Crippen molar-refractivity contribution in [3.8, 4) is 0 Å². The summed E-state index contributed by atoms with van der Waals surface area (Å²) in [6.07, 6.45) is 7.51. The van der Waals surface area contributed by atoms with Gasteiger partial charge in [0.2, 0.25) is 0 Å². The Morgan fingerprint density at radius 3 is 2.83 bits per heavy atom. The number of pyridine rings is 1. The van der Waals surface area contributed by atoms with E-state index in [1.165, 1.54) is 0 Å². The number of nitrogens with zero attached hydrogens (tertiary/aromatic N) is 1. The number of aromatic nitrogens is 1. The van der Waals surface area contributed by atoms with E-state index in [1.54, 1.807) is 25.3 Å². The van der Waals surface area contributed by atoms with E-state index < -0.39 is 28.2 Å². The number of nitrogen functional groups attached to an aromatic ring is 1. The normalized spacial score (nSPS) is 17.8. The molecule has 0 fully saturated rings. The number of methoxy groups -OCH3 is 1. The van der Waals surface area contributed by atoms with Crippen LogP contribution in [0, 0.1) is 11.7 Å². The Balaban J connectivity index is 2.63. The highest BCUT2D eigenvalue weighted by Crippen LogP contribution is 2.31. The number of halogens is 2. The zero-order chi connectivity index (χ0) is 17.1. The molecule has 0 aliphatic heterocycles. The van der Waals surface area contributed by atoms with Crippen molar-refractivity contribution < 1.29 is 19.0 Å². The molecule has 1 aromatic rings. The number of rotatable bonds is 3. The number of hydrogen-bond acceptors (Lipinski definition) is 4. The fourth-order valence-electron chi connectivity index (χ4n) is 2.23. The Bertz CT molecular complexity index is 741. The number of nitrogens with two attached hydrogens (primary N) is 1. The van der Waals surface area contributed by atoms with Gasteiger partial charge in [-0.3, -0.25) is 0 Å². The predicted octanol–water partition coefficient (Wildman–Crippen LogP) is 3.66. The molecule has 1 aromatic heterocycles. The third kappa shape index (κ3) is 3.37. The van der Waals surface area contributed by atoms with Crippen LogP contribution in [0.15, 0.2) is 30.1 Å². The summed E-state index contributed by atoms with van der Waals surface area (Å²) >= 11 is 5.75. The van der Waals surface area contributed by atoms with Crippen molar-refractivity contribution in [3.05, 3.63) is 52.3 Å². The number of anilines is 1. The predicted molar refractivity (Wildman–Crippen MR) is 86.6 cm³/mol.